The zero-order valence-electron chi connectivity index (χ0n) is 19.9. The van der Waals surface area contributed by atoms with Gasteiger partial charge in [0.1, 0.15) is 11.9 Å². The van der Waals surface area contributed by atoms with Gasteiger partial charge >= 0.3 is 6.03 Å². The number of hydrogen-bond donors (Lipinski definition) is 2. The molecule has 1 aromatic heterocycles. The third-order valence-corrected chi connectivity index (χ3v) is 6.22. The third kappa shape index (κ3) is 5.88. The van der Waals surface area contributed by atoms with Crippen LogP contribution >= 0.6 is 0 Å². The highest BCUT2D eigenvalue weighted by molar-refractivity contribution is 5.74. The van der Waals surface area contributed by atoms with Crippen LogP contribution in [0.5, 0.6) is 5.75 Å². The molecule has 0 radical (unpaired) electrons. The van der Waals surface area contributed by atoms with Crippen molar-refractivity contribution in [3.05, 3.63) is 47.9 Å². The number of amides is 2. The van der Waals surface area contributed by atoms with Crippen molar-refractivity contribution in [1.29, 1.82) is 0 Å². The second-order valence-corrected chi connectivity index (χ2v) is 8.73. The van der Waals surface area contributed by atoms with Crippen LogP contribution in [-0.4, -0.2) is 68.0 Å². The summed E-state index contributed by atoms with van der Waals surface area (Å²) < 4.78 is 26.4. The topological polar surface area (TPSA) is 79.0 Å². The van der Waals surface area contributed by atoms with Gasteiger partial charge in [-0.05, 0) is 37.1 Å². The zero-order chi connectivity index (χ0) is 23.9. The molecule has 9 heteroatoms. The van der Waals surface area contributed by atoms with E-state index in [-0.39, 0.29) is 24.0 Å². The third-order valence-electron chi connectivity index (χ3n) is 6.22. The number of anilines is 2. The number of morpholine rings is 1. The molecule has 0 bridgehead atoms. The number of urea groups is 1. The summed E-state index contributed by atoms with van der Waals surface area (Å²) in [6.07, 6.45) is 3.34. The van der Waals surface area contributed by atoms with Crippen LogP contribution in [-0.2, 0) is 4.74 Å². The highest BCUT2D eigenvalue weighted by atomic mass is 19.1. The van der Waals surface area contributed by atoms with E-state index in [0.29, 0.717) is 50.9 Å². The van der Waals surface area contributed by atoms with Gasteiger partial charge in [-0.25, -0.2) is 14.2 Å². The molecule has 2 amide bonds. The number of hydrogen-bond acceptors (Lipinski definition) is 6. The van der Waals surface area contributed by atoms with Gasteiger partial charge in [-0.3, -0.25) is 0 Å². The van der Waals surface area contributed by atoms with Crippen LogP contribution in [0.15, 0.2) is 36.5 Å². The van der Waals surface area contributed by atoms with Crippen molar-refractivity contribution < 1.29 is 18.7 Å². The molecular weight excluding hydrogens is 437 g/mol. The quantitative estimate of drug-likeness (QED) is 0.610. The van der Waals surface area contributed by atoms with Crippen molar-refractivity contribution in [1.82, 2.24) is 15.2 Å². The summed E-state index contributed by atoms with van der Waals surface area (Å²) in [5, 5.41) is 6.09. The van der Waals surface area contributed by atoms with Crippen LogP contribution in [0.4, 0.5) is 20.7 Å². The number of rotatable bonds is 8. The molecule has 2 aliphatic heterocycles. The number of ether oxygens (including phenoxy) is 2. The monoisotopic (exact) mass is 471 g/mol. The van der Waals surface area contributed by atoms with Crippen LogP contribution in [0.2, 0.25) is 0 Å². The van der Waals surface area contributed by atoms with E-state index in [9.17, 15) is 9.18 Å². The summed E-state index contributed by atoms with van der Waals surface area (Å²) in [5.74, 6) is 0.756. The average Bonchev–Trinajstić information content (AvgIpc) is 3.32. The minimum Gasteiger partial charge on any atom is -0.489 e. The maximum atomic E-state index is 14.9. The Bertz CT molecular complexity index is 952. The molecule has 2 N–H and O–H groups in total. The zero-order valence-corrected chi connectivity index (χ0v) is 19.9. The lowest BCUT2D eigenvalue weighted by Crippen LogP contribution is -2.46. The molecular formula is C25H34FN5O3. The van der Waals surface area contributed by atoms with E-state index in [2.05, 4.69) is 15.6 Å². The van der Waals surface area contributed by atoms with Crippen molar-refractivity contribution in [2.24, 2.45) is 0 Å². The molecule has 0 saturated carbocycles. The number of halogens is 1. The van der Waals surface area contributed by atoms with Crippen molar-refractivity contribution in [2.75, 3.05) is 56.2 Å². The lowest BCUT2D eigenvalue weighted by atomic mass is 10.1. The Kier molecular flexibility index (Phi) is 8.05. The van der Waals surface area contributed by atoms with E-state index < -0.39 is 0 Å². The van der Waals surface area contributed by atoms with Gasteiger partial charge in [-0.15, -0.1) is 0 Å². The Morgan fingerprint density at radius 1 is 1.24 bits per heavy atom. The largest absolute Gasteiger partial charge is 0.489 e. The van der Waals surface area contributed by atoms with Gasteiger partial charge in [-0.1, -0.05) is 19.1 Å². The van der Waals surface area contributed by atoms with E-state index in [1.54, 1.807) is 17.2 Å². The van der Waals surface area contributed by atoms with Crippen LogP contribution in [0.1, 0.15) is 38.3 Å². The van der Waals surface area contributed by atoms with Crippen molar-refractivity contribution >= 4 is 17.5 Å². The predicted octanol–water partition coefficient (Wildman–Crippen LogP) is 3.80. The fourth-order valence-electron chi connectivity index (χ4n) is 4.24. The fraction of sp³-hybridized carbons (Fsp3) is 0.520. The van der Waals surface area contributed by atoms with Gasteiger partial charge in [0, 0.05) is 38.8 Å². The first-order chi connectivity index (χ1) is 16.5. The number of nitrogens with zero attached hydrogens (tertiary/aromatic N) is 3. The molecule has 34 heavy (non-hydrogen) atoms. The molecule has 2 saturated heterocycles. The maximum absolute atomic E-state index is 14.9. The van der Waals surface area contributed by atoms with Crippen LogP contribution in [0.25, 0.3) is 0 Å². The fourth-order valence-corrected chi connectivity index (χ4v) is 4.24. The standard InChI is InChI=1S/C25H34FN5O3/c1-3-10-27-24-23(26)22(8-11-28-24)31-12-9-21(17-31)34-20-6-4-19(5-7-20)18(2)29-25(32)30-13-15-33-16-14-30/h4-8,11,18,21H,3,9-10,12-17H2,1-2H3,(H,27,28)(H,29,32)/t18-,21?/m0/s1. The van der Waals surface area contributed by atoms with Crippen molar-refractivity contribution in [3.8, 4) is 5.75 Å². The number of pyridine rings is 1. The maximum Gasteiger partial charge on any atom is 0.318 e. The molecule has 0 aliphatic carbocycles. The van der Waals surface area contributed by atoms with Gasteiger partial charge in [0.05, 0.1) is 31.5 Å². The van der Waals surface area contributed by atoms with E-state index in [0.717, 1.165) is 30.7 Å². The molecule has 2 fully saturated rings. The van der Waals surface area contributed by atoms with E-state index in [4.69, 9.17) is 9.47 Å². The molecule has 2 atom stereocenters. The Morgan fingerprint density at radius 2 is 2.00 bits per heavy atom. The van der Waals surface area contributed by atoms with Crippen LogP contribution in [0, 0.1) is 5.82 Å². The first-order valence-corrected chi connectivity index (χ1v) is 12.1. The number of nitrogens with one attached hydrogen (secondary N) is 2. The summed E-state index contributed by atoms with van der Waals surface area (Å²) in [5.41, 5.74) is 1.56. The highest BCUT2D eigenvalue weighted by Gasteiger charge is 2.27. The van der Waals surface area contributed by atoms with Crippen LogP contribution < -0.4 is 20.3 Å². The average molecular weight is 472 g/mol. The van der Waals surface area contributed by atoms with E-state index in [1.165, 1.54) is 0 Å². The lowest BCUT2D eigenvalue weighted by molar-refractivity contribution is 0.0526. The minimum absolute atomic E-state index is 0.0242. The van der Waals surface area contributed by atoms with Gasteiger partial charge in [-0.2, -0.15) is 0 Å². The molecule has 1 aromatic carbocycles. The Hall–Kier alpha value is -3.07. The predicted molar refractivity (Wildman–Crippen MR) is 130 cm³/mol. The molecule has 3 heterocycles. The molecule has 8 nitrogen and oxygen atoms in total. The van der Waals surface area contributed by atoms with Gasteiger partial charge < -0.3 is 29.9 Å². The van der Waals surface area contributed by atoms with Crippen LogP contribution in [0.3, 0.4) is 0 Å². The molecule has 0 spiro atoms. The Balaban J connectivity index is 1.30. The van der Waals surface area contributed by atoms with E-state index in [1.807, 2.05) is 43.0 Å². The summed E-state index contributed by atoms with van der Waals surface area (Å²) in [4.78, 5) is 20.3. The number of aromatic nitrogens is 1. The Morgan fingerprint density at radius 3 is 2.74 bits per heavy atom. The second-order valence-electron chi connectivity index (χ2n) is 8.73. The lowest BCUT2D eigenvalue weighted by Gasteiger charge is -2.28. The van der Waals surface area contributed by atoms with Crippen molar-refractivity contribution in [3.63, 3.8) is 0 Å². The molecule has 4 rings (SSSR count). The highest BCUT2D eigenvalue weighted by Crippen LogP contribution is 2.29. The second kappa shape index (κ2) is 11.4. The SMILES string of the molecule is CCCNc1nccc(N2CCC(Oc3ccc([C@H](C)NC(=O)N4CCOCC4)cc3)C2)c1F. The van der Waals surface area contributed by atoms with Crippen molar-refractivity contribution in [2.45, 2.75) is 38.8 Å². The first kappa shape index (κ1) is 24.1. The Labute approximate surface area is 200 Å². The smallest absolute Gasteiger partial charge is 0.318 e. The normalized spacial score (nSPS) is 19.1. The number of carbonyl (C=O) groups excluding carboxylic acids is 1. The molecule has 2 aromatic rings. The summed E-state index contributed by atoms with van der Waals surface area (Å²) in [6, 6.07) is 9.33. The molecule has 184 valence electrons. The molecule has 2 aliphatic rings. The number of carbonyl (C=O) groups is 1. The minimum atomic E-state index is -0.311. The van der Waals surface area contributed by atoms with Gasteiger partial charge in [0.15, 0.2) is 11.6 Å². The summed E-state index contributed by atoms with van der Waals surface area (Å²) in [7, 11) is 0. The van der Waals surface area contributed by atoms with Gasteiger partial charge in [0.25, 0.3) is 0 Å². The summed E-state index contributed by atoms with van der Waals surface area (Å²) >= 11 is 0. The first-order valence-electron chi connectivity index (χ1n) is 12.1. The number of benzene rings is 1. The van der Waals surface area contributed by atoms with E-state index >= 15 is 0 Å². The molecule has 1 unspecified atom stereocenters. The summed E-state index contributed by atoms with van der Waals surface area (Å²) in [6.45, 7) is 8.41. The van der Waals surface area contributed by atoms with Gasteiger partial charge in [0.2, 0.25) is 0 Å².